The second-order valence-electron chi connectivity index (χ2n) is 3.52. The average molecular weight is 229 g/mol. The summed E-state index contributed by atoms with van der Waals surface area (Å²) in [5.74, 6) is -0.206. The molecule has 0 fully saturated rings. The molecule has 0 N–H and O–H groups in total. The summed E-state index contributed by atoms with van der Waals surface area (Å²) in [6, 6.07) is 12.6. The molecule has 78 valence electrons. The smallest absolute Gasteiger partial charge is 0.123 e. The number of hydrogen-bond donors (Lipinski definition) is 0. The van der Waals surface area contributed by atoms with Crippen LogP contribution in [-0.2, 0) is 0 Å². The van der Waals surface area contributed by atoms with E-state index in [1.54, 1.807) is 29.7 Å². The predicted molar refractivity (Wildman–Crippen MR) is 65.0 cm³/mol. The van der Waals surface area contributed by atoms with Crippen LogP contribution in [0.5, 0.6) is 0 Å². The van der Waals surface area contributed by atoms with Crippen molar-refractivity contribution in [1.82, 2.24) is 4.98 Å². The van der Waals surface area contributed by atoms with Crippen molar-refractivity contribution < 1.29 is 4.39 Å². The molecule has 0 unspecified atom stereocenters. The maximum atomic E-state index is 12.8. The van der Waals surface area contributed by atoms with Gasteiger partial charge in [0, 0.05) is 16.5 Å². The number of aromatic nitrogens is 1. The molecule has 0 saturated carbocycles. The van der Waals surface area contributed by atoms with E-state index >= 15 is 0 Å². The topological polar surface area (TPSA) is 12.9 Å². The lowest BCUT2D eigenvalue weighted by Gasteiger charge is -1.95. The summed E-state index contributed by atoms with van der Waals surface area (Å²) in [6.07, 6.45) is 1.78. The van der Waals surface area contributed by atoms with Gasteiger partial charge in [-0.3, -0.25) is 0 Å². The normalized spacial score (nSPS) is 10.8. The van der Waals surface area contributed by atoms with Gasteiger partial charge in [-0.15, -0.1) is 11.3 Å². The highest BCUT2D eigenvalue weighted by Crippen LogP contribution is 2.31. The monoisotopic (exact) mass is 229 g/mol. The first kappa shape index (κ1) is 9.48. The maximum absolute atomic E-state index is 12.8. The number of thiophene rings is 1. The second-order valence-corrected chi connectivity index (χ2v) is 4.55. The summed E-state index contributed by atoms with van der Waals surface area (Å²) in [4.78, 5) is 6.42. The van der Waals surface area contributed by atoms with Crippen LogP contribution in [0.25, 0.3) is 20.7 Å². The fraction of sp³-hybridized carbons (Fsp3) is 0. The van der Waals surface area contributed by atoms with E-state index < -0.39 is 0 Å². The van der Waals surface area contributed by atoms with Gasteiger partial charge in [-0.05, 0) is 29.8 Å². The fourth-order valence-electron chi connectivity index (χ4n) is 1.63. The van der Waals surface area contributed by atoms with Crippen molar-refractivity contribution in [2.24, 2.45) is 0 Å². The molecule has 0 saturated heterocycles. The Bertz CT molecular complexity index is 595. The Morgan fingerprint density at radius 3 is 2.62 bits per heavy atom. The quantitative estimate of drug-likeness (QED) is 0.612. The van der Waals surface area contributed by atoms with E-state index in [-0.39, 0.29) is 5.82 Å². The van der Waals surface area contributed by atoms with E-state index in [4.69, 9.17) is 0 Å². The van der Waals surface area contributed by atoms with E-state index in [0.717, 1.165) is 20.7 Å². The Labute approximate surface area is 96.2 Å². The predicted octanol–water partition coefficient (Wildman–Crippen LogP) is 4.10. The van der Waals surface area contributed by atoms with Crippen LogP contribution < -0.4 is 0 Å². The molecule has 0 aliphatic rings. The summed E-state index contributed by atoms with van der Waals surface area (Å²) in [7, 11) is 0. The van der Waals surface area contributed by atoms with Gasteiger partial charge in [0.25, 0.3) is 0 Å². The Morgan fingerprint density at radius 2 is 1.88 bits per heavy atom. The summed E-state index contributed by atoms with van der Waals surface area (Å²) < 4.78 is 12.8. The zero-order valence-electron chi connectivity index (χ0n) is 8.35. The number of halogens is 1. The summed E-state index contributed by atoms with van der Waals surface area (Å²) in [6.45, 7) is 0. The Morgan fingerprint density at radius 1 is 1.06 bits per heavy atom. The molecular weight excluding hydrogens is 221 g/mol. The lowest BCUT2D eigenvalue weighted by molar-refractivity contribution is 0.628. The minimum atomic E-state index is -0.206. The van der Waals surface area contributed by atoms with Gasteiger partial charge >= 0.3 is 0 Å². The number of fused-ring (bicyclic) bond motifs is 1. The molecule has 1 nitrogen and oxygen atoms in total. The molecule has 0 atom stereocenters. The van der Waals surface area contributed by atoms with Crippen LogP contribution >= 0.6 is 11.3 Å². The van der Waals surface area contributed by atoms with E-state index in [0.29, 0.717) is 0 Å². The molecule has 0 radical (unpaired) electrons. The van der Waals surface area contributed by atoms with Gasteiger partial charge in [0.05, 0.1) is 0 Å². The second kappa shape index (κ2) is 3.68. The molecular formula is C13H8FNS. The minimum Gasteiger partial charge on any atom is -0.245 e. The van der Waals surface area contributed by atoms with Crippen molar-refractivity contribution in [1.29, 1.82) is 0 Å². The van der Waals surface area contributed by atoms with Crippen LogP contribution in [0.15, 0.2) is 48.7 Å². The van der Waals surface area contributed by atoms with Gasteiger partial charge in [0.15, 0.2) is 0 Å². The van der Waals surface area contributed by atoms with E-state index in [2.05, 4.69) is 11.1 Å². The molecule has 0 aliphatic carbocycles. The molecule has 1 aromatic carbocycles. The molecule has 0 spiro atoms. The lowest BCUT2D eigenvalue weighted by Crippen LogP contribution is -1.73. The molecule has 2 aromatic heterocycles. The van der Waals surface area contributed by atoms with Crippen molar-refractivity contribution >= 4 is 21.6 Å². The fourth-order valence-corrected chi connectivity index (χ4v) is 2.64. The lowest BCUT2D eigenvalue weighted by atomic mass is 10.2. The van der Waals surface area contributed by atoms with Crippen molar-refractivity contribution in [3.05, 3.63) is 54.5 Å². The van der Waals surface area contributed by atoms with Crippen molar-refractivity contribution in [2.45, 2.75) is 0 Å². The summed E-state index contributed by atoms with van der Waals surface area (Å²) in [5.41, 5.74) is 1.03. The van der Waals surface area contributed by atoms with Crippen molar-refractivity contribution in [3.8, 4) is 10.4 Å². The highest BCUT2D eigenvalue weighted by atomic mass is 32.1. The van der Waals surface area contributed by atoms with Crippen molar-refractivity contribution in [2.75, 3.05) is 0 Å². The summed E-state index contributed by atoms with van der Waals surface area (Å²) in [5, 5.41) is 1.13. The third-order valence-electron chi connectivity index (χ3n) is 2.42. The van der Waals surface area contributed by atoms with Crippen LogP contribution in [-0.4, -0.2) is 4.98 Å². The van der Waals surface area contributed by atoms with Crippen molar-refractivity contribution in [3.63, 3.8) is 0 Å². The molecule has 0 amide bonds. The molecule has 0 aliphatic heterocycles. The van der Waals surface area contributed by atoms with Crippen LogP contribution in [0.2, 0.25) is 0 Å². The minimum absolute atomic E-state index is 0.206. The number of pyridine rings is 1. The molecule has 3 aromatic rings. The largest absolute Gasteiger partial charge is 0.245 e. The Balaban J connectivity index is 2.15. The Hall–Kier alpha value is -1.74. The summed E-state index contributed by atoms with van der Waals surface area (Å²) >= 11 is 1.62. The first-order valence-corrected chi connectivity index (χ1v) is 5.75. The van der Waals surface area contributed by atoms with Gasteiger partial charge in [0.2, 0.25) is 0 Å². The SMILES string of the molecule is Fc1ccc(-c2cc3cccnc3s2)cc1. The van der Waals surface area contributed by atoms with E-state index in [1.165, 1.54) is 12.1 Å². The average Bonchev–Trinajstić information content (AvgIpc) is 2.73. The third kappa shape index (κ3) is 1.59. The van der Waals surface area contributed by atoms with Crippen LogP contribution in [0.3, 0.4) is 0 Å². The Kier molecular flexibility index (Phi) is 2.18. The van der Waals surface area contributed by atoms with E-state index in [9.17, 15) is 4.39 Å². The van der Waals surface area contributed by atoms with E-state index in [1.807, 2.05) is 12.1 Å². The maximum Gasteiger partial charge on any atom is 0.123 e. The van der Waals surface area contributed by atoms with Gasteiger partial charge in [-0.1, -0.05) is 18.2 Å². The highest BCUT2D eigenvalue weighted by molar-refractivity contribution is 7.21. The molecule has 2 heterocycles. The zero-order valence-corrected chi connectivity index (χ0v) is 9.17. The first-order chi connectivity index (χ1) is 7.83. The molecule has 3 rings (SSSR count). The number of rotatable bonds is 1. The van der Waals surface area contributed by atoms with Crippen LogP contribution in [0.4, 0.5) is 4.39 Å². The van der Waals surface area contributed by atoms with Gasteiger partial charge < -0.3 is 0 Å². The van der Waals surface area contributed by atoms with Crippen LogP contribution in [0.1, 0.15) is 0 Å². The highest BCUT2D eigenvalue weighted by Gasteiger charge is 2.04. The molecule has 16 heavy (non-hydrogen) atoms. The standard InChI is InChI=1S/C13H8FNS/c14-11-5-3-9(4-6-11)12-8-10-2-1-7-15-13(10)16-12/h1-8H. The first-order valence-electron chi connectivity index (χ1n) is 4.93. The van der Waals surface area contributed by atoms with Gasteiger partial charge in [-0.25, -0.2) is 9.37 Å². The molecule has 3 heteroatoms. The zero-order chi connectivity index (χ0) is 11.0. The number of benzene rings is 1. The van der Waals surface area contributed by atoms with Gasteiger partial charge in [0.1, 0.15) is 10.6 Å². The van der Waals surface area contributed by atoms with Crippen LogP contribution in [0, 0.1) is 5.82 Å². The number of nitrogens with zero attached hydrogens (tertiary/aromatic N) is 1. The van der Waals surface area contributed by atoms with Gasteiger partial charge in [-0.2, -0.15) is 0 Å². The number of hydrogen-bond acceptors (Lipinski definition) is 2. The third-order valence-corrected chi connectivity index (χ3v) is 3.53. The molecule has 0 bridgehead atoms.